The van der Waals surface area contributed by atoms with Crippen LogP contribution in [0.1, 0.15) is 11.3 Å². The summed E-state index contributed by atoms with van der Waals surface area (Å²) >= 11 is 0. The number of pyridine rings is 1. The van der Waals surface area contributed by atoms with Gasteiger partial charge in [-0.3, -0.25) is 0 Å². The van der Waals surface area contributed by atoms with E-state index >= 15 is 0 Å². The van der Waals surface area contributed by atoms with Crippen LogP contribution < -0.4 is 4.57 Å². The molecule has 82 valence electrons. The van der Waals surface area contributed by atoms with Gasteiger partial charge in [-0.1, -0.05) is 30.3 Å². The van der Waals surface area contributed by atoms with Crippen molar-refractivity contribution in [3.8, 4) is 0 Å². The van der Waals surface area contributed by atoms with Crippen LogP contribution in [0, 0.1) is 0 Å². The smallest absolute Gasteiger partial charge is 0.204 e. The van der Waals surface area contributed by atoms with E-state index in [2.05, 4.69) is 34.9 Å². The van der Waals surface area contributed by atoms with Gasteiger partial charge in [-0.2, -0.15) is 0 Å². The minimum Gasteiger partial charge on any atom is -0.870 e. The van der Waals surface area contributed by atoms with E-state index in [1.165, 1.54) is 11.3 Å². The molecule has 0 amide bonds. The third-order valence-electron chi connectivity index (χ3n) is 2.34. The van der Waals surface area contributed by atoms with Crippen molar-refractivity contribution in [1.82, 2.24) is 0 Å². The van der Waals surface area contributed by atoms with E-state index in [0.29, 0.717) is 0 Å². The van der Waals surface area contributed by atoms with Gasteiger partial charge in [-0.15, -0.1) is 0 Å². The fraction of sp³-hybridized carbons (Fsp3) is 0.0714. The summed E-state index contributed by atoms with van der Waals surface area (Å²) in [6, 6.07) is 16.5. The maximum absolute atomic E-state index is 2.12. The lowest BCUT2D eigenvalue weighted by Gasteiger charge is -1.93. The number of nitrogens with zero attached hydrogens (tertiary/aromatic N) is 1. The number of rotatable bonds is 2. The molecule has 0 atom stereocenters. The fourth-order valence-corrected chi connectivity index (χ4v) is 1.46. The highest BCUT2D eigenvalue weighted by molar-refractivity contribution is 5.66. The van der Waals surface area contributed by atoms with Crippen LogP contribution in [0.3, 0.4) is 0 Å². The van der Waals surface area contributed by atoms with Crippen LogP contribution in [0.4, 0.5) is 0 Å². The Balaban J connectivity index is 0.00000128. The van der Waals surface area contributed by atoms with Gasteiger partial charge in [0.05, 0.1) is 0 Å². The first-order valence-electron chi connectivity index (χ1n) is 5.04. The normalized spacial score (nSPS) is 10.1. The van der Waals surface area contributed by atoms with E-state index in [4.69, 9.17) is 0 Å². The maximum atomic E-state index is 2.12. The molecule has 2 heteroatoms. The molecule has 1 aromatic heterocycles. The first-order valence-corrected chi connectivity index (χ1v) is 5.04. The monoisotopic (exact) mass is 213 g/mol. The minimum atomic E-state index is 0. The summed E-state index contributed by atoms with van der Waals surface area (Å²) in [5.74, 6) is 0. The second-order valence-corrected chi connectivity index (χ2v) is 3.48. The van der Waals surface area contributed by atoms with E-state index in [1.807, 2.05) is 43.6 Å². The molecule has 2 nitrogen and oxygen atoms in total. The summed E-state index contributed by atoms with van der Waals surface area (Å²) in [6.07, 6.45) is 6.29. The fourth-order valence-electron chi connectivity index (χ4n) is 1.46. The van der Waals surface area contributed by atoms with E-state index in [1.54, 1.807) is 0 Å². The maximum Gasteiger partial charge on any atom is 0.204 e. The second kappa shape index (κ2) is 5.83. The number of benzene rings is 1. The van der Waals surface area contributed by atoms with Gasteiger partial charge in [0.1, 0.15) is 7.05 Å². The molecule has 1 N–H and O–H groups in total. The van der Waals surface area contributed by atoms with Crippen molar-refractivity contribution in [3.63, 3.8) is 0 Å². The van der Waals surface area contributed by atoms with Crippen molar-refractivity contribution < 1.29 is 10.0 Å². The molecule has 1 aromatic carbocycles. The van der Waals surface area contributed by atoms with Gasteiger partial charge in [0.25, 0.3) is 0 Å². The Hall–Kier alpha value is -1.93. The molecule has 1 heterocycles. The Morgan fingerprint density at radius 2 is 1.56 bits per heavy atom. The lowest BCUT2D eigenvalue weighted by molar-refractivity contribution is -0.673. The van der Waals surface area contributed by atoms with E-state index in [9.17, 15) is 0 Å². The first-order chi connectivity index (χ1) is 7.36. The molecule has 0 aliphatic carbocycles. The molecule has 0 unspecified atom stereocenters. The molecule has 0 aliphatic rings. The minimum absolute atomic E-state index is 0. The lowest BCUT2D eigenvalue weighted by Crippen LogP contribution is -2.30. The van der Waals surface area contributed by atoms with Gasteiger partial charge in [0, 0.05) is 18.2 Å². The summed E-state index contributed by atoms with van der Waals surface area (Å²) in [7, 11) is 2.05. The van der Waals surface area contributed by atoms with Gasteiger partial charge >= 0.3 is 0 Å². The predicted molar refractivity (Wildman–Crippen MR) is 64.9 cm³/mol. The van der Waals surface area contributed by atoms with Gasteiger partial charge in [0.15, 0.2) is 6.20 Å². The number of hydrogen-bond acceptors (Lipinski definition) is 1. The highest BCUT2D eigenvalue weighted by atomic mass is 16.0. The topological polar surface area (TPSA) is 33.9 Å². The van der Waals surface area contributed by atoms with Crippen molar-refractivity contribution in [2.24, 2.45) is 7.05 Å². The SMILES string of the molecule is C[n+]1ccccc1C=Cc1ccccc1.[OH-]. The first kappa shape index (κ1) is 12.1. The van der Waals surface area contributed by atoms with Gasteiger partial charge in [-0.05, 0) is 17.7 Å². The third kappa shape index (κ3) is 3.04. The quantitative estimate of drug-likeness (QED) is 0.706. The molecular weight excluding hydrogens is 198 g/mol. The number of aromatic nitrogens is 1. The van der Waals surface area contributed by atoms with Crippen LogP contribution in [-0.4, -0.2) is 5.48 Å². The van der Waals surface area contributed by atoms with Gasteiger partial charge < -0.3 is 5.48 Å². The van der Waals surface area contributed by atoms with E-state index in [-0.39, 0.29) is 5.48 Å². The summed E-state index contributed by atoms with van der Waals surface area (Å²) in [5.41, 5.74) is 2.42. The van der Waals surface area contributed by atoms with E-state index < -0.39 is 0 Å². The van der Waals surface area contributed by atoms with Crippen molar-refractivity contribution in [3.05, 3.63) is 66.0 Å². The Morgan fingerprint density at radius 3 is 2.25 bits per heavy atom. The molecule has 0 fully saturated rings. The molecule has 0 spiro atoms. The van der Waals surface area contributed by atoms with Crippen molar-refractivity contribution in [2.45, 2.75) is 0 Å². The number of hydrogen-bond donors (Lipinski definition) is 0. The van der Waals surface area contributed by atoms with Crippen molar-refractivity contribution in [1.29, 1.82) is 0 Å². The molecule has 2 rings (SSSR count). The van der Waals surface area contributed by atoms with Crippen LogP contribution in [0.15, 0.2) is 54.7 Å². The zero-order chi connectivity index (χ0) is 10.5. The Kier molecular flexibility index (Phi) is 4.42. The zero-order valence-electron chi connectivity index (χ0n) is 9.25. The third-order valence-corrected chi connectivity index (χ3v) is 2.34. The molecule has 0 aliphatic heterocycles. The van der Waals surface area contributed by atoms with E-state index in [0.717, 1.165) is 0 Å². The Labute approximate surface area is 95.8 Å². The Bertz CT molecular complexity index is 463. The summed E-state index contributed by atoms with van der Waals surface area (Å²) in [6.45, 7) is 0. The highest BCUT2D eigenvalue weighted by Gasteiger charge is 1.97. The Morgan fingerprint density at radius 1 is 0.875 bits per heavy atom. The molecule has 0 radical (unpaired) electrons. The summed E-state index contributed by atoms with van der Waals surface area (Å²) in [4.78, 5) is 0. The average molecular weight is 213 g/mol. The van der Waals surface area contributed by atoms with Crippen LogP contribution in [0.25, 0.3) is 12.2 Å². The van der Waals surface area contributed by atoms with Gasteiger partial charge in [0.2, 0.25) is 5.69 Å². The molecule has 0 saturated heterocycles. The summed E-state index contributed by atoms with van der Waals surface area (Å²) in [5, 5.41) is 0. The van der Waals surface area contributed by atoms with Crippen LogP contribution in [0.5, 0.6) is 0 Å². The predicted octanol–water partition coefficient (Wildman–Crippen LogP) is 2.50. The number of aryl methyl sites for hydroxylation is 1. The van der Waals surface area contributed by atoms with Crippen LogP contribution in [-0.2, 0) is 7.05 Å². The molecule has 2 aromatic rings. The van der Waals surface area contributed by atoms with Crippen molar-refractivity contribution >= 4 is 12.2 Å². The summed E-state index contributed by atoms with van der Waals surface area (Å²) < 4.78 is 2.10. The molecule has 0 bridgehead atoms. The average Bonchev–Trinajstić information content (AvgIpc) is 2.29. The van der Waals surface area contributed by atoms with Crippen LogP contribution in [0.2, 0.25) is 0 Å². The second-order valence-electron chi connectivity index (χ2n) is 3.48. The lowest BCUT2D eigenvalue weighted by atomic mass is 10.2. The molecule has 0 saturated carbocycles. The standard InChI is InChI=1S/C14H14N.H2O/c1-15-12-6-5-9-14(15)11-10-13-7-3-2-4-8-13;/h2-12H,1H3;1H2/q+1;/p-1. The largest absolute Gasteiger partial charge is 0.870 e. The molecule has 16 heavy (non-hydrogen) atoms. The highest BCUT2D eigenvalue weighted by Crippen LogP contribution is 2.04. The van der Waals surface area contributed by atoms with Gasteiger partial charge in [-0.25, -0.2) is 4.57 Å². The van der Waals surface area contributed by atoms with Crippen molar-refractivity contribution in [2.75, 3.05) is 0 Å². The molecular formula is C14H15NO. The zero-order valence-corrected chi connectivity index (χ0v) is 9.25. The van der Waals surface area contributed by atoms with Crippen LogP contribution >= 0.6 is 0 Å².